The lowest BCUT2D eigenvalue weighted by Gasteiger charge is -2.22. The third-order valence-electron chi connectivity index (χ3n) is 4.76. The van der Waals surface area contributed by atoms with Gasteiger partial charge in [-0.1, -0.05) is 11.2 Å². The molecule has 7 nitrogen and oxygen atoms in total. The summed E-state index contributed by atoms with van der Waals surface area (Å²) < 4.78 is 32.4. The standard InChI is InChI=1S/C16H19N3O4S2/c20-15(17-16-11-5-1-2-6-12(11)18-23-16)13-7-3-9-19(13)25(21,22)14-8-4-10-24-14/h4,8,10,13H,1-3,5-7,9H2,(H,17,20)/t13-/m0/s1. The number of carbonyl (C=O) groups is 1. The first-order valence-corrected chi connectivity index (χ1v) is 10.7. The predicted molar refractivity (Wildman–Crippen MR) is 93.0 cm³/mol. The van der Waals surface area contributed by atoms with Gasteiger partial charge in [-0.3, -0.25) is 10.1 Å². The molecule has 1 atom stereocenters. The van der Waals surface area contributed by atoms with Crippen LogP contribution in [-0.4, -0.2) is 36.4 Å². The van der Waals surface area contributed by atoms with Gasteiger partial charge in [0.1, 0.15) is 10.3 Å². The molecule has 4 rings (SSSR count). The molecule has 9 heteroatoms. The molecule has 0 bridgehead atoms. The average molecular weight is 381 g/mol. The maximum atomic E-state index is 12.8. The Kier molecular flexibility index (Phi) is 4.38. The second-order valence-electron chi connectivity index (χ2n) is 6.34. The van der Waals surface area contributed by atoms with Gasteiger partial charge in [-0.15, -0.1) is 11.3 Å². The van der Waals surface area contributed by atoms with E-state index in [1.165, 1.54) is 4.31 Å². The van der Waals surface area contributed by atoms with E-state index in [0.29, 0.717) is 25.3 Å². The van der Waals surface area contributed by atoms with Crippen molar-refractivity contribution in [1.82, 2.24) is 9.46 Å². The number of nitrogens with one attached hydrogen (secondary N) is 1. The van der Waals surface area contributed by atoms with E-state index in [1.54, 1.807) is 17.5 Å². The Hall–Kier alpha value is -1.71. The van der Waals surface area contributed by atoms with Crippen molar-refractivity contribution in [2.24, 2.45) is 0 Å². The highest BCUT2D eigenvalue weighted by atomic mass is 32.2. The lowest BCUT2D eigenvalue weighted by Crippen LogP contribution is -2.42. The maximum Gasteiger partial charge on any atom is 0.253 e. The van der Waals surface area contributed by atoms with Gasteiger partial charge < -0.3 is 4.52 Å². The maximum absolute atomic E-state index is 12.8. The third-order valence-corrected chi connectivity index (χ3v) is 8.04. The molecule has 0 radical (unpaired) electrons. The molecular formula is C16H19N3O4S2. The highest BCUT2D eigenvalue weighted by molar-refractivity contribution is 7.91. The van der Waals surface area contributed by atoms with Gasteiger partial charge in [-0.2, -0.15) is 4.31 Å². The molecule has 25 heavy (non-hydrogen) atoms. The minimum absolute atomic E-state index is 0.268. The number of nitrogens with zero attached hydrogens (tertiary/aromatic N) is 2. The van der Waals surface area contributed by atoms with Gasteiger partial charge in [-0.05, 0) is 50.0 Å². The number of rotatable bonds is 4. The highest BCUT2D eigenvalue weighted by Crippen LogP contribution is 2.31. The van der Waals surface area contributed by atoms with Crippen LogP contribution in [0.1, 0.15) is 36.9 Å². The van der Waals surface area contributed by atoms with Crippen molar-refractivity contribution in [3.63, 3.8) is 0 Å². The number of carbonyl (C=O) groups excluding carboxylic acids is 1. The molecule has 1 aliphatic carbocycles. The molecular weight excluding hydrogens is 362 g/mol. The topological polar surface area (TPSA) is 92.5 Å². The summed E-state index contributed by atoms with van der Waals surface area (Å²) in [6.07, 6.45) is 4.97. The fourth-order valence-corrected chi connectivity index (χ4v) is 6.28. The summed E-state index contributed by atoms with van der Waals surface area (Å²) in [5, 5.41) is 8.51. The number of thiophene rings is 1. The minimum atomic E-state index is -3.64. The number of anilines is 1. The zero-order valence-electron chi connectivity index (χ0n) is 13.6. The molecule has 1 amide bonds. The molecule has 0 unspecified atom stereocenters. The largest absolute Gasteiger partial charge is 0.338 e. The van der Waals surface area contributed by atoms with Crippen LogP contribution in [0.2, 0.25) is 0 Å². The van der Waals surface area contributed by atoms with Crippen LogP contribution < -0.4 is 5.32 Å². The van der Waals surface area contributed by atoms with Crippen LogP contribution in [0.15, 0.2) is 26.2 Å². The number of amides is 1. The summed E-state index contributed by atoms with van der Waals surface area (Å²) >= 11 is 1.16. The van der Waals surface area contributed by atoms with Crippen LogP contribution in [-0.2, 0) is 27.7 Å². The van der Waals surface area contributed by atoms with E-state index in [0.717, 1.165) is 48.3 Å². The van der Waals surface area contributed by atoms with E-state index in [1.807, 2.05) is 0 Å². The number of aryl methyl sites for hydroxylation is 1. The van der Waals surface area contributed by atoms with E-state index in [4.69, 9.17) is 4.52 Å². The minimum Gasteiger partial charge on any atom is -0.338 e. The second-order valence-corrected chi connectivity index (χ2v) is 9.40. The summed E-state index contributed by atoms with van der Waals surface area (Å²) in [6, 6.07) is 2.56. The molecule has 2 aliphatic rings. The van der Waals surface area contributed by atoms with E-state index in [2.05, 4.69) is 10.5 Å². The molecule has 0 aromatic carbocycles. The van der Waals surface area contributed by atoms with Crippen molar-refractivity contribution >= 4 is 33.2 Å². The number of fused-ring (bicyclic) bond motifs is 1. The zero-order valence-corrected chi connectivity index (χ0v) is 15.2. The molecule has 2 aromatic heterocycles. The molecule has 1 aliphatic heterocycles. The lowest BCUT2D eigenvalue weighted by atomic mass is 9.97. The predicted octanol–water partition coefficient (Wildman–Crippen LogP) is 2.41. The summed E-state index contributed by atoms with van der Waals surface area (Å²) in [5.41, 5.74) is 1.85. The van der Waals surface area contributed by atoms with Crippen molar-refractivity contribution in [1.29, 1.82) is 0 Å². The Morgan fingerprint density at radius 3 is 2.96 bits per heavy atom. The van der Waals surface area contributed by atoms with Gasteiger partial charge >= 0.3 is 0 Å². The Bertz CT molecular complexity index is 873. The molecule has 0 spiro atoms. The number of sulfonamides is 1. The summed E-state index contributed by atoms with van der Waals surface area (Å²) in [5.74, 6) is 0.0298. The SMILES string of the molecule is O=C(Nc1onc2c1CCCC2)[C@@H]1CCCN1S(=O)(=O)c1cccs1. The van der Waals surface area contributed by atoms with Gasteiger partial charge in [0, 0.05) is 12.1 Å². The molecule has 1 fully saturated rings. The molecule has 134 valence electrons. The van der Waals surface area contributed by atoms with Gasteiger partial charge in [-0.25, -0.2) is 8.42 Å². The second kappa shape index (κ2) is 6.54. The summed E-state index contributed by atoms with van der Waals surface area (Å²) in [4.78, 5) is 12.7. The van der Waals surface area contributed by atoms with Crippen molar-refractivity contribution in [3.05, 3.63) is 28.8 Å². The fourth-order valence-electron chi connectivity index (χ4n) is 3.50. The molecule has 1 saturated heterocycles. The lowest BCUT2D eigenvalue weighted by molar-refractivity contribution is -0.119. The zero-order chi connectivity index (χ0) is 17.4. The average Bonchev–Trinajstić information content (AvgIpc) is 3.35. The van der Waals surface area contributed by atoms with Crippen molar-refractivity contribution in [2.45, 2.75) is 48.8 Å². The first-order chi connectivity index (χ1) is 12.1. The monoisotopic (exact) mass is 381 g/mol. The fraction of sp³-hybridized carbons (Fsp3) is 0.500. The van der Waals surface area contributed by atoms with Gasteiger partial charge in [0.25, 0.3) is 10.0 Å². The first-order valence-electron chi connectivity index (χ1n) is 8.41. The van der Waals surface area contributed by atoms with Crippen molar-refractivity contribution in [3.8, 4) is 0 Å². The van der Waals surface area contributed by atoms with Crippen LogP contribution in [0.25, 0.3) is 0 Å². The van der Waals surface area contributed by atoms with E-state index in [-0.39, 0.29) is 10.1 Å². The molecule has 3 heterocycles. The number of hydrogen-bond donors (Lipinski definition) is 1. The smallest absolute Gasteiger partial charge is 0.253 e. The number of aromatic nitrogens is 1. The molecule has 0 saturated carbocycles. The quantitative estimate of drug-likeness (QED) is 0.878. The molecule has 2 aromatic rings. The number of hydrogen-bond acceptors (Lipinski definition) is 6. The first kappa shape index (κ1) is 16.7. The van der Waals surface area contributed by atoms with Gasteiger partial charge in [0.2, 0.25) is 11.8 Å². The van der Waals surface area contributed by atoms with Crippen molar-refractivity contribution < 1.29 is 17.7 Å². The normalized spacial score (nSPS) is 21.2. The Balaban J connectivity index is 1.54. The van der Waals surface area contributed by atoms with Crippen LogP contribution in [0.5, 0.6) is 0 Å². The van der Waals surface area contributed by atoms with Crippen LogP contribution in [0.4, 0.5) is 5.88 Å². The third kappa shape index (κ3) is 3.00. The van der Waals surface area contributed by atoms with Gasteiger partial charge in [0.15, 0.2) is 0 Å². The summed E-state index contributed by atoms with van der Waals surface area (Å²) in [6.45, 7) is 0.354. The highest BCUT2D eigenvalue weighted by Gasteiger charge is 2.40. The Morgan fingerprint density at radius 2 is 2.16 bits per heavy atom. The van der Waals surface area contributed by atoms with Crippen LogP contribution in [0, 0.1) is 0 Å². The van der Waals surface area contributed by atoms with Gasteiger partial charge in [0.05, 0.1) is 5.69 Å². The van der Waals surface area contributed by atoms with E-state index in [9.17, 15) is 13.2 Å². The van der Waals surface area contributed by atoms with Crippen LogP contribution in [0.3, 0.4) is 0 Å². The van der Waals surface area contributed by atoms with E-state index >= 15 is 0 Å². The van der Waals surface area contributed by atoms with Crippen LogP contribution >= 0.6 is 11.3 Å². The van der Waals surface area contributed by atoms with E-state index < -0.39 is 16.1 Å². The Morgan fingerprint density at radius 1 is 1.32 bits per heavy atom. The Labute approximate surface area is 150 Å². The van der Waals surface area contributed by atoms with Crippen molar-refractivity contribution in [2.75, 3.05) is 11.9 Å². The molecule has 1 N–H and O–H groups in total. The summed E-state index contributed by atoms with van der Waals surface area (Å²) in [7, 11) is -3.64.